The number of aryl methyl sites for hydroxylation is 1. The van der Waals surface area contributed by atoms with Gasteiger partial charge in [-0.15, -0.1) is 0 Å². The number of benzene rings is 2. The zero-order valence-electron chi connectivity index (χ0n) is 16.6. The summed E-state index contributed by atoms with van der Waals surface area (Å²) in [5, 5.41) is 0. The Labute approximate surface area is 162 Å². The monoisotopic (exact) mass is 372 g/mol. The zero-order chi connectivity index (χ0) is 19.6. The van der Waals surface area contributed by atoms with Gasteiger partial charge in [0.1, 0.15) is 5.75 Å². The molecule has 0 radical (unpaired) electrons. The number of hydrogen-bond acceptors (Lipinski definition) is 1. The molecule has 0 saturated carbocycles. The fraction of sp³-hybridized carbons (Fsp3) is 0.417. The van der Waals surface area contributed by atoms with Crippen molar-refractivity contribution >= 4 is 11.7 Å². The van der Waals surface area contributed by atoms with Gasteiger partial charge >= 0.3 is 0 Å². The van der Waals surface area contributed by atoms with E-state index in [4.69, 9.17) is 4.74 Å². The van der Waals surface area contributed by atoms with E-state index in [0.717, 1.165) is 24.8 Å². The summed E-state index contributed by atoms with van der Waals surface area (Å²) in [5.74, 6) is -1.00. The molecule has 0 aliphatic heterocycles. The van der Waals surface area contributed by atoms with Crippen molar-refractivity contribution in [2.24, 2.45) is 0 Å². The molecule has 0 aliphatic rings. The maximum absolute atomic E-state index is 14.5. The SMILES string of the molecule is CCCCCC[C@H](C)Oc1ccc(C(F)=C(F)c2ccc(CC)cc2)cc1. The normalized spacial score (nSPS) is 13.2. The van der Waals surface area contributed by atoms with E-state index in [1.54, 1.807) is 36.4 Å². The lowest BCUT2D eigenvalue weighted by atomic mass is 10.1. The Morgan fingerprint density at radius 1 is 0.815 bits per heavy atom. The third-order valence-corrected chi connectivity index (χ3v) is 4.72. The highest BCUT2D eigenvalue weighted by atomic mass is 19.2. The Kier molecular flexibility index (Phi) is 8.50. The van der Waals surface area contributed by atoms with E-state index >= 15 is 0 Å². The van der Waals surface area contributed by atoms with Gasteiger partial charge in [0, 0.05) is 11.1 Å². The molecule has 27 heavy (non-hydrogen) atoms. The minimum atomic E-state index is -0.849. The molecule has 0 heterocycles. The third-order valence-electron chi connectivity index (χ3n) is 4.72. The molecule has 1 nitrogen and oxygen atoms in total. The van der Waals surface area contributed by atoms with Crippen molar-refractivity contribution in [3.8, 4) is 5.75 Å². The van der Waals surface area contributed by atoms with Gasteiger partial charge in [-0.25, -0.2) is 8.78 Å². The van der Waals surface area contributed by atoms with E-state index in [-0.39, 0.29) is 17.2 Å². The molecule has 2 rings (SSSR count). The molecule has 0 fully saturated rings. The summed E-state index contributed by atoms with van der Waals surface area (Å²) >= 11 is 0. The summed E-state index contributed by atoms with van der Waals surface area (Å²) in [6, 6.07) is 13.4. The number of halogens is 2. The predicted molar refractivity (Wildman–Crippen MR) is 110 cm³/mol. The highest BCUT2D eigenvalue weighted by Gasteiger charge is 2.12. The Morgan fingerprint density at radius 2 is 1.37 bits per heavy atom. The fourth-order valence-electron chi connectivity index (χ4n) is 2.97. The lowest BCUT2D eigenvalue weighted by Crippen LogP contribution is -2.11. The summed E-state index contributed by atoms with van der Waals surface area (Å²) in [6.07, 6.45) is 6.81. The number of hydrogen-bond donors (Lipinski definition) is 0. The highest BCUT2D eigenvalue weighted by Crippen LogP contribution is 2.30. The first-order chi connectivity index (χ1) is 13.0. The second-order valence-corrected chi connectivity index (χ2v) is 6.98. The Balaban J connectivity index is 2.00. The van der Waals surface area contributed by atoms with Gasteiger partial charge in [0.15, 0.2) is 11.7 Å². The molecule has 0 spiro atoms. The molecule has 0 aromatic heterocycles. The van der Waals surface area contributed by atoms with Crippen molar-refractivity contribution in [1.29, 1.82) is 0 Å². The first-order valence-corrected chi connectivity index (χ1v) is 9.96. The molecule has 0 aliphatic carbocycles. The molecule has 0 unspecified atom stereocenters. The van der Waals surface area contributed by atoms with Crippen LogP contribution >= 0.6 is 0 Å². The standard InChI is InChI=1S/C24H30F2O/c1-4-6-7-8-9-18(3)27-22-16-14-21(15-17-22)24(26)23(25)20-12-10-19(5-2)11-13-20/h10-18H,4-9H2,1-3H3/t18-/m0/s1. The van der Waals surface area contributed by atoms with Crippen molar-refractivity contribution in [1.82, 2.24) is 0 Å². The van der Waals surface area contributed by atoms with E-state index in [1.807, 2.05) is 26.0 Å². The van der Waals surface area contributed by atoms with Gasteiger partial charge in [-0.1, -0.05) is 57.4 Å². The first-order valence-electron chi connectivity index (χ1n) is 9.96. The van der Waals surface area contributed by atoms with Gasteiger partial charge in [0.05, 0.1) is 6.10 Å². The highest BCUT2D eigenvalue weighted by molar-refractivity contribution is 5.83. The topological polar surface area (TPSA) is 9.23 Å². The molecule has 0 saturated heterocycles. The van der Waals surface area contributed by atoms with Crippen LogP contribution < -0.4 is 4.74 Å². The van der Waals surface area contributed by atoms with Crippen LogP contribution in [0.4, 0.5) is 8.78 Å². The molecule has 3 heteroatoms. The van der Waals surface area contributed by atoms with Crippen LogP contribution in [0.5, 0.6) is 5.75 Å². The quantitative estimate of drug-likeness (QED) is 0.306. The molecule has 2 aromatic rings. The van der Waals surface area contributed by atoms with Crippen LogP contribution in [0.2, 0.25) is 0 Å². The van der Waals surface area contributed by atoms with Gasteiger partial charge < -0.3 is 4.74 Å². The summed E-state index contributed by atoms with van der Waals surface area (Å²) < 4.78 is 34.8. The van der Waals surface area contributed by atoms with Crippen molar-refractivity contribution in [2.75, 3.05) is 0 Å². The minimum absolute atomic E-state index is 0.113. The van der Waals surface area contributed by atoms with E-state index in [9.17, 15) is 8.78 Å². The third kappa shape index (κ3) is 6.50. The number of rotatable bonds is 10. The predicted octanol–water partition coefficient (Wildman–Crippen LogP) is 7.75. The van der Waals surface area contributed by atoms with Crippen LogP contribution in [-0.2, 0) is 6.42 Å². The van der Waals surface area contributed by atoms with Crippen LogP contribution in [0, 0.1) is 0 Å². The van der Waals surface area contributed by atoms with Crippen LogP contribution in [0.15, 0.2) is 48.5 Å². The smallest absolute Gasteiger partial charge is 0.166 e. The van der Waals surface area contributed by atoms with Crippen LogP contribution in [0.25, 0.3) is 11.7 Å². The van der Waals surface area contributed by atoms with Gasteiger partial charge in [-0.2, -0.15) is 0 Å². The fourth-order valence-corrected chi connectivity index (χ4v) is 2.97. The Morgan fingerprint density at radius 3 is 1.89 bits per heavy atom. The number of ether oxygens (including phenoxy) is 1. The van der Waals surface area contributed by atoms with Crippen molar-refractivity contribution in [2.45, 2.75) is 65.4 Å². The maximum atomic E-state index is 14.5. The van der Waals surface area contributed by atoms with Gasteiger partial charge in [-0.3, -0.25) is 0 Å². The molecular formula is C24H30F2O. The van der Waals surface area contributed by atoms with E-state index in [0.29, 0.717) is 5.75 Å². The number of unbranched alkanes of at least 4 members (excludes halogenated alkanes) is 3. The molecule has 0 amide bonds. The summed E-state index contributed by atoms with van der Waals surface area (Å²) in [5.41, 5.74) is 1.57. The Bertz CT molecular complexity index is 717. The second kappa shape index (κ2) is 10.9. The van der Waals surface area contributed by atoms with E-state index in [1.165, 1.54) is 19.3 Å². The molecule has 0 bridgehead atoms. The van der Waals surface area contributed by atoms with Gasteiger partial charge in [-0.05, 0) is 56.0 Å². The zero-order valence-corrected chi connectivity index (χ0v) is 16.6. The van der Waals surface area contributed by atoms with Crippen LogP contribution in [0.1, 0.15) is 69.6 Å². The van der Waals surface area contributed by atoms with Crippen molar-refractivity contribution < 1.29 is 13.5 Å². The molecule has 2 aromatic carbocycles. The lowest BCUT2D eigenvalue weighted by molar-refractivity contribution is 0.206. The maximum Gasteiger partial charge on any atom is 0.166 e. The molecule has 146 valence electrons. The summed E-state index contributed by atoms with van der Waals surface area (Å²) in [4.78, 5) is 0. The van der Waals surface area contributed by atoms with Gasteiger partial charge in [0.25, 0.3) is 0 Å². The summed E-state index contributed by atoms with van der Waals surface area (Å²) in [7, 11) is 0. The largest absolute Gasteiger partial charge is 0.491 e. The average Bonchev–Trinajstić information content (AvgIpc) is 2.71. The first kappa shape index (κ1) is 21.1. The molecule has 1 atom stereocenters. The van der Waals surface area contributed by atoms with E-state index < -0.39 is 11.7 Å². The van der Waals surface area contributed by atoms with Crippen LogP contribution in [-0.4, -0.2) is 6.10 Å². The van der Waals surface area contributed by atoms with Crippen molar-refractivity contribution in [3.05, 3.63) is 65.2 Å². The minimum Gasteiger partial charge on any atom is -0.491 e. The average molecular weight is 372 g/mol. The molecule has 0 N–H and O–H groups in total. The second-order valence-electron chi connectivity index (χ2n) is 6.98. The molecular weight excluding hydrogens is 342 g/mol. The van der Waals surface area contributed by atoms with Gasteiger partial charge in [0.2, 0.25) is 0 Å². The summed E-state index contributed by atoms with van der Waals surface area (Å²) in [6.45, 7) is 6.26. The lowest BCUT2D eigenvalue weighted by Gasteiger charge is -2.15. The Hall–Kier alpha value is -2.16. The van der Waals surface area contributed by atoms with E-state index in [2.05, 4.69) is 6.92 Å². The van der Waals surface area contributed by atoms with Crippen molar-refractivity contribution in [3.63, 3.8) is 0 Å². The van der Waals surface area contributed by atoms with Crippen LogP contribution in [0.3, 0.4) is 0 Å².